The van der Waals surface area contributed by atoms with Gasteiger partial charge in [-0.1, -0.05) is 28.1 Å². The van der Waals surface area contributed by atoms with Crippen LogP contribution in [0.5, 0.6) is 0 Å². The van der Waals surface area contributed by atoms with Crippen molar-refractivity contribution in [2.75, 3.05) is 44.7 Å². The van der Waals surface area contributed by atoms with E-state index in [1.807, 2.05) is 4.90 Å². The predicted molar refractivity (Wildman–Crippen MR) is 109 cm³/mol. The number of likely N-dealkylation sites (N-methyl/N-ethyl adjacent to an activating group) is 1. The molecule has 0 atom stereocenters. The molecule has 28 heavy (non-hydrogen) atoms. The molecule has 1 saturated heterocycles. The minimum Gasteiger partial charge on any atom is -0.366 e. The number of rotatable bonds is 5. The molecule has 2 aromatic carbocycles. The maximum Gasteiger partial charge on any atom is 0.243 e. The molecule has 150 valence electrons. The SMILES string of the molecule is CN(CC(=O)N1CCN(c2ccccc2F)CC1)S(=O)(=O)c1ccc(Br)cc1. The summed E-state index contributed by atoms with van der Waals surface area (Å²) < 4.78 is 41.0. The number of piperazine rings is 1. The van der Waals surface area contributed by atoms with Crippen LogP contribution in [-0.2, 0) is 14.8 Å². The summed E-state index contributed by atoms with van der Waals surface area (Å²) in [4.78, 5) is 16.2. The Morgan fingerprint density at radius 2 is 1.68 bits per heavy atom. The molecule has 0 N–H and O–H groups in total. The van der Waals surface area contributed by atoms with E-state index in [9.17, 15) is 17.6 Å². The van der Waals surface area contributed by atoms with Crippen molar-refractivity contribution in [1.82, 2.24) is 9.21 Å². The van der Waals surface area contributed by atoms with E-state index in [1.165, 1.54) is 25.2 Å². The Bertz CT molecular complexity index is 945. The van der Waals surface area contributed by atoms with Crippen molar-refractivity contribution in [2.24, 2.45) is 0 Å². The third kappa shape index (κ3) is 4.53. The second kappa shape index (κ2) is 8.59. The minimum absolute atomic E-state index is 0.135. The van der Waals surface area contributed by atoms with Gasteiger partial charge in [-0.25, -0.2) is 12.8 Å². The number of anilines is 1. The number of sulfonamides is 1. The molecule has 1 aliphatic rings. The highest BCUT2D eigenvalue weighted by atomic mass is 79.9. The van der Waals surface area contributed by atoms with Gasteiger partial charge in [0.1, 0.15) is 5.82 Å². The second-order valence-corrected chi connectivity index (χ2v) is 9.49. The van der Waals surface area contributed by atoms with Crippen molar-refractivity contribution in [3.8, 4) is 0 Å². The van der Waals surface area contributed by atoms with Gasteiger partial charge in [-0.05, 0) is 36.4 Å². The fourth-order valence-electron chi connectivity index (χ4n) is 3.07. The van der Waals surface area contributed by atoms with Crippen molar-refractivity contribution in [2.45, 2.75) is 4.90 Å². The first kappa shape index (κ1) is 20.8. The van der Waals surface area contributed by atoms with E-state index < -0.39 is 10.0 Å². The van der Waals surface area contributed by atoms with Crippen LogP contribution < -0.4 is 4.90 Å². The maximum absolute atomic E-state index is 13.9. The molecule has 2 aromatic rings. The van der Waals surface area contributed by atoms with Crippen LogP contribution in [0.2, 0.25) is 0 Å². The van der Waals surface area contributed by atoms with Crippen molar-refractivity contribution < 1.29 is 17.6 Å². The fourth-order valence-corrected chi connectivity index (χ4v) is 4.45. The van der Waals surface area contributed by atoms with E-state index in [2.05, 4.69) is 15.9 Å². The van der Waals surface area contributed by atoms with Gasteiger partial charge in [0.2, 0.25) is 15.9 Å². The Balaban J connectivity index is 1.59. The van der Waals surface area contributed by atoms with Crippen LogP contribution in [0.4, 0.5) is 10.1 Å². The lowest BCUT2D eigenvalue weighted by atomic mass is 10.2. The highest BCUT2D eigenvalue weighted by Gasteiger charge is 2.27. The molecular formula is C19H21BrFN3O3S. The molecule has 1 heterocycles. The first-order valence-electron chi connectivity index (χ1n) is 8.78. The number of hydrogen-bond donors (Lipinski definition) is 0. The number of nitrogens with zero attached hydrogens (tertiary/aromatic N) is 3. The lowest BCUT2D eigenvalue weighted by Gasteiger charge is -2.36. The van der Waals surface area contributed by atoms with Crippen LogP contribution in [0.1, 0.15) is 0 Å². The molecule has 6 nitrogen and oxygen atoms in total. The van der Waals surface area contributed by atoms with Gasteiger partial charge in [-0.3, -0.25) is 4.79 Å². The van der Waals surface area contributed by atoms with Crippen molar-refractivity contribution in [3.05, 3.63) is 58.8 Å². The number of para-hydroxylation sites is 1. The van der Waals surface area contributed by atoms with Crippen LogP contribution in [0.3, 0.4) is 0 Å². The summed E-state index contributed by atoms with van der Waals surface area (Å²) >= 11 is 3.27. The Hall–Kier alpha value is -1.97. The predicted octanol–water partition coefficient (Wildman–Crippen LogP) is 2.56. The van der Waals surface area contributed by atoms with Gasteiger partial charge in [0.25, 0.3) is 0 Å². The van der Waals surface area contributed by atoms with Crippen molar-refractivity contribution in [1.29, 1.82) is 0 Å². The molecule has 1 amide bonds. The van der Waals surface area contributed by atoms with E-state index in [0.717, 1.165) is 8.78 Å². The minimum atomic E-state index is -3.74. The number of amides is 1. The standard InChI is InChI=1S/C19H21BrFN3O3S/c1-22(28(26,27)16-8-6-15(20)7-9-16)14-19(25)24-12-10-23(11-13-24)18-5-3-2-4-17(18)21/h2-9H,10-14H2,1H3. The largest absolute Gasteiger partial charge is 0.366 e. The zero-order valence-electron chi connectivity index (χ0n) is 15.4. The van der Waals surface area contributed by atoms with Gasteiger partial charge < -0.3 is 9.80 Å². The Morgan fingerprint density at radius 1 is 1.07 bits per heavy atom. The average molecular weight is 470 g/mol. The summed E-state index contributed by atoms with van der Waals surface area (Å²) in [5, 5.41) is 0. The van der Waals surface area contributed by atoms with Crippen LogP contribution in [-0.4, -0.2) is 63.3 Å². The third-order valence-corrected chi connectivity index (χ3v) is 7.05. The summed E-state index contributed by atoms with van der Waals surface area (Å²) in [7, 11) is -2.35. The molecule has 0 radical (unpaired) electrons. The quantitative estimate of drug-likeness (QED) is 0.674. The first-order chi connectivity index (χ1) is 13.3. The molecule has 0 unspecified atom stereocenters. The van der Waals surface area contributed by atoms with Gasteiger partial charge in [-0.2, -0.15) is 4.31 Å². The molecule has 3 rings (SSSR count). The van der Waals surface area contributed by atoms with E-state index in [-0.39, 0.29) is 23.2 Å². The van der Waals surface area contributed by atoms with Gasteiger partial charge in [0, 0.05) is 37.7 Å². The molecule has 9 heteroatoms. The first-order valence-corrected chi connectivity index (χ1v) is 11.0. The van der Waals surface area contributed by atoms with Crippen LogP contribution in [0.25, 0.3) is 0 Å². The molecule has 0 bridgehead atoms. The maximum atomic E-state index is 13.9. The molecular weight excluding hydrogens is 449 g/mol. The second-order valence-electron chi connectivity index (χ2n) is 6.53. The highest BCUT2D eigenvalue weighted by molar-refractivity contribution is 9.10. The molecule has 0 spiro atoms. The third-order valence-electron chi connectivity index (χ3n) is 4.71. The number of halogens is 2. The van der Waals surface area contributed by atoms with E-state index in [0.29, 0.717) is 31.9 Å². The summed E-state index contributed by atoms with van der Waals surface area (Å²) in [5.74, 6) is -0.557. The lowest BCUT2D eigenvalue weighted by molar-refractivity contribution is -0.131. The zero-order valence-corrected chi connectivity index (χ0v) is 17.8. The summed E-state index contributed by atoms with van der Waals surface area (Å²) in [6.45, 7) is 1.59. The molecule has 0 aliphatic carbocycles. The van der Waals surface area contributed by atoms with Gasteiger partial charge in [0.15, 0.2) is 0 Å². The van der Waals surface area contributed by atoms with Crippen LogP contribution in [0.15, 0.2) is 57.9 Å². The smallest absolute Gasteiger partial charge is 0.243 e. The number of carbonyl (C=O) groups is 1. The van der Waals surface area contributed by atoms with E-state index in [4.69, 9.17) is 0 Å². The lowest BCUT2D eigenvalue weighted by Crippen LogP contribution is -2.51. The van der Waals surface area contributed by atoms with E-state index >= 15 is 0 Å². The number of carbonyl (C=O) groups excluding carboxylic acids is 1. The van der Waals surface area contributed by atoms with Crippen molar-refractivity contribution >= 4 is 37.5 Å². The van der Waals surface area contributed by atoms with Crippen molar-refractivity contribution in [3.63, 3.8) is 0 Å². The summed E-state index contributed by atoms with van der Waals surface area (Å²) in [6.07, 6.45) is 0. The zero-order chi connectivity index (χ0) is 20.3. The van der Waals surface area contributed by atoms with Gasteiger partial charge in [-0.15, -0.1) is 0 Å². The van der Waals surface area contributed by atoms with E-state index in [1.54, 1.807) is 35.2 Å². The Labute approximate surface area is 172 Å². The number of benzene rings is 2. The topological polar surface area (TPSA) is 60.9 Å². The molecule has 0 aromatic heterocycles. The Kier molecular flexibility index (Phi) is 6.36. The van der Waals surface area contributed by atoms with Gasteiger partial charge in [0.05, 0.1) is 17.1 Å². The summed E-state index contributed by atoms with van der Waals surface area (Å²) in [5.41, 5.74) is 0.518. The monoisotopic (exact) mass is 469 g/mol. The summed E-state index contributed by atoms with van der Waals surface area (Å²) in [6, 6.07) is 12.8. The normalized spacial score (nSPS) is 15.1. The van der Waals surface area contributed by atoms with Crippen LogP contribution >= 0.6 is 15.9 Å². The Morgan fingerprint density at radius 3 is 2.29 bits per heavy atom. The number of hydrogen-bond acceptors (Lipinski definition) is 4. The van der Waals surface area contributed by atoms with Crippen LogP contribution in [0, 0.1) is 5.82 Å². The van der Waals surface area contributed by atoms with Gasteiger partial charge >= 0.3 is 0 Å². The molecule has 1 fully saturated rings. The highest BCUT2D eigenvalue weighted by Crippen LogP contribution is 2.21. The molecule has 1 aliphatic heterocycles. The average Bonchev–Trinajstić information content (AvgIpc) is 2.69. The molecule has 0 saturated carbocycles. The fraction of sp³-hybridized carbons (Fsp3) is 0.316.